The van der Waals surface area contributed by atoms with Gasteiger partial charge >= 0.3 is 0 Å². The van der Waals surface area contributed by atoms with Crippen LogP contribution in [0.2, 0.25) is 0 Å². The van der Waals surface area contributed by atoms with Gasteiger partial charge in [-0.15, -0.1) is 0 Å². The minimum atomic E-state index is -1.36. The van der Waals surface area contributed by atoms with Crippen molar-refractivity contribution in [1.29, 1.82) is 0 Å². The molecule has 0 spiro atoms. The van der Waals surface area contributed by atoms with E-state index in [4.69, 9.17) is 0 Å². The van der Waals surface area contributed by atoms with Crippen LogP contribution in [0.5, 0.6) is 0 Å². The molecule has 0 aromatic heterocycles. The average molecular weight is 340 g/mol. The minimum Gasteiger partial charge on any atom is -0.380 e. The fourth-order valence-corrected chi connectivity index (χ4v) is 3.88. The Labute approximate surface area is 153 Å². The normalized spacial score (nSPS) is 22.7. The molecule has 0 fully saturated rings. The van der Waals surface area contributed by atoms with Crippen molar-refractivity contribution in [1.82, 2.24) is 0 Å². The van der Waals surface area contributed by atoms with Crippen LogP contribution in [-0.2, 0) is 10.4 Å². The fraction of sp³-hybridized carbons (Fsp3) is 0.125. The first-order chi connectivity index (χ1) is 12.6. The van der Waals surface area contributed by atoms with Crippen LogP contribution >= 0.6 is 0 Å². The highest BCUT2D eigenvalue weighted by atomic mass is 16.3. The lowest BCUT2D eigenvalue weighted by atomic mass is 9.78. The van der Waals surface area contributed by atoms with Gasteiger partial charge in [-0.1, -0.05) is 97.9 Å². The highest BCUT2D eigenvalue weighted by Crippen LogP contribution is 2.52. The standard InChI is InChI=1S/C24H20O2/c1-17-23(25)21(18-11-5-2-6-12-18)22(19-13-7-3-8-14-19)24(17,26)20-15-9-4-10-16-20/h2-17,26H,1H3. The molecule has 0 aliphatic heterocycles. The van der Waals surface area contributed by atoms with Gasteiger partial charge in [0.1, 0.15) is 5.60 Å². The predicted octanol–water partition coefficient (Wildman–Crippen LogP) is 4.70. The molecule has 4 rings (SSSR count). The molecule has 0 heterocycles. The van der Waals surface area contributed by atoms with Gasteiger partial charge in [0.2, 0.25) is 0 Å². The molecule has 1 aliphatic rings. The fourth-order valence-electron chi connectivity index (χ4n) is 3.88. The number of rotatable bonds is 3. The van der Waals surface area contributed by atoms with E-state index in [0.29, 0.717) is 11.1 Å². The molecule has 26 heavy (non-hydrogen) atoms. The van der Waals surface area contributed by atoms with Gasteiger partial charge in [-0.05, 0) is 16.7 Å². The van der Waals surface area contributed by atoms with Crippen LogP contribution in [0.1, 0.15) is 23.6 Å². The van der Waals surface area contributed by atoms with Crippen LogP contribution in [0.25, 0.3) is 11.1 Å². The quantitative estimate of drug-likeness (QED) is 0.750. The summed E-state index contributed by atoms with van der Waals surface area (Å²) in [5.74, 6) is -0.586. The first-order valence-corrected chi connectivity index (χ1v) is 8.81. The Kier molecular flexibility index (Phi) is 4.06. The molecule has 0 amide bonds. The summed E-state index contributed by atoms with van der Waals surface area (Å²) in [6.45, 7) is 1.81. The van der Waals surface area contributed by atoms with E-state index >= 15 is 0 Å². The zero-order valence-electron chi connectivity index (χ0n) is 14.6. The third kappa shape index (κ3) is 2.42. The second-order valence-electron chi connectivity index (χ2n) is 6.70. The molecule has 128 valence electrons. The van der Waals surface area contributed by atoms with Crippen molar-refractivity contribution in [3.63, 3.8) is 0 Å². The van der Waals surface area contributed by atoms with E-state index in [9.17, 15) is 9.90 Å². The van der Waals surface area contributed by atoms with Crippen LogP contribution in [0.3, 0.4) is 0 Å². The van der Waals surface area contributed by atoms with E-state index < -0.39 is 11.5 Å². The Hall–Kier alpha value is -2.97. The van der Waals surface area contributed by atoms with Gasteiger partial charge < -0.3 is 5.11 Å². The minimum absolute atomic E-state index is 0.0265. The van der Waals surface area contributed by atoms with E-state index in [1.54, 1.807) is 0 Å². The number of allylic oxidation sites excluding steroid dienone is 1. The van der Waals surface area contributed by atoms with Crippen LogP contribution < -0.4 is 0 Å². The monoisotopic (exact) mass is 340 g/mol. The molecule has 0 saturated carbocycles. The molecule has 2 heteroatoms. The van der Waals surface area contributed by atoms with Crippen LogP contribution in [-0.4, -0.2) is 10.9 Å². The Balaban J connectivity index is 2.06. The Morgan fingerprint density at radius 3 is 1.73 bits per heavy atom. The maximum atomic E-state index is 13.3. The van der Waals surface area contributed by atoms with Crippen molar-refractivity contribution in [2.75, 3.05) is 0 Å². The van der Waals surface area contributed by atoms with Crippen molar-refractivity contribution in [2.24, 2.45) is 5.92 Å². The van der Waals surface area contributed by atoms with Crippen molar-refractivity contribution < 1.29 is 9.90 Å². The largest absolute Gasteiger partial charge is 0.380 e. The van der Waals surface area contributed by atoms with Gasteiger partial charge in [0, 0.05) is 11.1 Å². The highest BCUT2D eigenvalue weighted by Gasteiger charge is 2.52. The Bertz CT molecular complexity index is 959. The molecule has 0 radical (unpaired) electrons. The predicted molar refractivity (Wildman–Crippen MR) is 104 cm³/mol. The van der Waals surface area contributed by atoms with E-state index in [-0.39, 0.29) is 5.78 Å². The summed E-state index contributed by atoms with van der Waals surface area (Å²) in [6, 6.07) is 28.8. The number of carbonyl (C=O) groups is 1. The Morgan fingerprint density at radius 1 is 0.731 bits per heavy atom. The summed E-state index contributed by atoms with van der Waals surface area (Å²) in [6.07, 6.45) is 0. The molecule has 3 aromatic carbocycles. The first-order valence-electron chi connectivity index (χ1n) is 8.81. The molecule has 0 bridgehead atoms. The first kappa shape index (κ1) is 16.5. The lowest BCUT2D eigenvalue weighted by Gasteiger charge is -2.31. The van der Waals surface area contributed by atoms with Crippen molar-refractivity contribution in [3.8, 4) is 0 Å². The molecule has 1 aliphatic carbocycles. The smallest absolute Gasteiger partial charge is 0.170 e. The second kappa shape index (κ2) is 6.40. The zero-order valence-corrected chi connectivity index (χ0v) is 14.6. The van der Waals surface area contributed by atoms with Crippen LogP contribution in [0, 0.1) is 5.92 Å². The zero-order chi connectivity index (χ0) is 18.1. The van der Waals surface area contributed by atoms with Crippen LogP contribution in [0.15, 0.2) is 91.0 Å². The number of hydrogen-bond acceptors (Lipinski definition) is 2. The van der Waals surface area contributed by atoms with Crippen molar-refractivity contribution in [3.05, 3.63) is 108 Å². The number of Topliss-reactive ketones (excluding diaryl/α,β-unsaturated/α-hetero) is 1. The molecule has 2 nitrogen and oxygen atoms in total. The van der Waals surface area contributed by atoms with E-state index in [1.165, 1.54) is 0 Å². The summed E-state index contributed by atoms with van der Waals surface area (Å²) in [5, 5.41) is 11.9. The summed E-state index contributed by atoms with van der Waals surface area (Å²) in [4.78, 5) is 13.3. The Morgan fingerprint density at radius 2 is 1.19 bits per heavy atom. The van der Waals surface area contributed by atoms with Gasteiger partial charge in [-0.3, -0.25) is 4.79 Å². The van der Waals surface area contributed by atoms with E-state index in [2.05, 4.69) is 0 Å². The summed E-state index contributed by atoms with van der Waals surface area (Å²) < 4.78 is 0. The van der Waals surface area contributed by atoms with Crippen LogP contribution in [0.4, 0.5) is 0 Å². The van der Waals surface area contributed by atoms with Gasteiger partial charge in [-0.2, -0.15) is 0 Å². The van der Waals surface area contributed by atoms with Gasteiger partial charge in [0.05, 0.1) is 5.92 Å². The highest BCUT2D eigenvalue weighted by molar-refractivity contribution is 6.33. The summed E-state index contributed by atoms with van der Waals surface area (Å²) in [5.41, 5.74) is 2.39. The average Bonchev–Trinajstić information content (AvgIpc) is 2.92. The van der Waals surface area contributed by atoms with Crippen molar-refractivity contribution in [2.45, 2.75) is 12.5 Å². The van der Waals surface area contributed by atoms with E-state index in [0.717, 1.165) is 16.7 Å². The SMILES string of the molecule is CC1C(=O)C(c2ccccc2)=C(c2ccccc2)C1(O)c1ccccc1. The summed E-state index contributed by atoms with van der Waals surface area (Å²) >= 11 is 0. The number of hydrogen-bond donors (Lipinski definition) is 1. The molecule has 0 saturated heterocycles. The number of ketones is 1. The molecule has 2 unspecified atom stereocenters. The lowest BCUT2D eigenvalue weighted by molar-refractivity contribution is -0.121. The number of benzene rings is 3. The lowest BCUT2D eigenvalue weighted by Crippen LogP contribution is -2.33. The molecule has 2 atom stereocenters. The summed E-state index contributed by atoms with van der Waals surface area (Å²) in [7, 11) is 0. The van der Waals surface area contributed by atoms with Gasteiger partial charge in [0.15, 0.2) is 5.78 Å². The topological polar surface area (TPSA) is 37.3 Å². The van der Waals surface area contributed by atoms with E-state index in [1.807, 2.05) is 97.9 Å². The molecule has 1 N–H and O–H groups in total. The van der Waals surface area contributed by atoms with Gasteiger partial charge in [-0.25, -0.2) is 0 Å². The number of carbonyl (C=O) groups excluding carboxylic acids is 1. The third-order valence-electron chi connectivity index (χ3n) is 5.24. The maximum absolute atomic E-state index is 13.3. The maximum Gasteiger partial charge on any atom is 0.170 e. The second-order valence-corrected chi connectivity index (χ2v) is 6.70. The molecular formula is C24H20O2. The third-order valence-corrected chi connectivity index (χ3v) is 5.24. The molecular weight excluding hydrogens is 320 g/mol. The van der Waals surface area contributed by atoms with Gasteiger partial charge in [0.25, 0.3) is 0 Å². The number of aliphatic hydroxyl groups is 1. The van der Waals surface area contributed by atoms with Crippen molar-refractivity contribution >= 4 is 16.9 Å². The molecule has 3 aromatic rings.